The van der Waals surface area contributed by atoms with Crippen LogP contribution in [0.5, 0.6) is 0 Å². The summed E-state index contributed by atoms with van der Waals surface area (Å²) in [4.78, 5) is 0. The summed E-state index contributed by atoms with van der Waals surface area (Å²) >= 11 is 5.94. The molecule has 2 heteroatoms. The fraction of sp³-hybridized carbons (Fsp3) is 0.455. The fourth-order valence-electron chi connectivity index (χ4n) is 2.53. The Kier molecular flexibility index (Phi) is 1.43. The molecule has 1 nitrogen and oxygen atoms in total. The lowest BCUT2D eigenvalue weighted by Gasteiger charge is -2.38. The maximum atomic E-state index is 5.94. The molecule has 3 rings (SSSR count). The molecule has 0 bridgehead atoms. The van der Waals surface area contributed by atoms with Crippen LogP contribution in [0.2, 0.25) is 5.02 Å². The van der Waals surface area contributed by atoms with Crippen molar-refractivity contribution in [2.75, 3.05) is 11.9 Å². The molecule has 1 N–H and O–H groups in total. The van der Waals surface area contributed by atoms with Gasteiger partial charge in [-0.2, -0.15) is 0 Å². The zero-order valence-corrected chi connectivity index (χ0v) is 8.19. The Morgan fingerprint density at radius 1 is 1.31 bits per heavy atom. The number of halogens is 1. The number of benzene rings is 1. The summed E-state index contributed by atoms with van der Waals surface area (Å²) in [6, 6.07) is 6.24. The van der Waals surface area contributed by atoms with Crippen molar-refractivity contribution >= 4 is 17.3 Å². The molecule has 68 valence electrons. The van der Waals surface area contributed by atoms with Crippen molar-refractivity contribution in [3.63, 3.8) is 0 Å². The van der Waals surface area contributed by atoms with Crippen LogP contribution >= 0.6 is 11.6 Å². The molecule has 1 aromatic carbocycles. The molecule has 2 aliphatic rings. The van der Waals surface area contributed by atoms with Gasteiger partial charge in [0.05, 0.1) is 0 Å². The number of hydrogen-bond acceptors (Lipinski definition) is 1. The van der Waals surface area contributed by atoms with E-state index in [2.05, 4.69) is 11.4 Å². The largest absolute Gasteiger partial charge is 0.384 e. The third kappa shape index (κ3) is 0.939. The maximum Gasteiger partial charge on any atom is 0.0426 e. The van der Waals surface area contributed by atoms with Crippen LogP contribution < -0.4 is 5.32 Å². The first-order valence-corrected chi connectivity index (χ1v) is 5.22. The fourth-order valence-corrected chi connectivity index (χ4v) is 2.71. The molecular formula is C11H12ClN. The van der Waals surface area contributed by atoms with E-state index in [1.165, 1.54) is 30.5 Å². The van der Waals surface area contributed by atoms with Crippen LogP contribution in [0, 0.1) is 0 Å². The maximum absolute atomic E-state index is 5.94. The summed E-state index contributed by atoms with van der Waals surface area (Å²) in [7, 11) is 0. The van der Waals surface area contributed by atoms with E-state index in [-0.39, 0.29) is 0 Å². The van der Waals surface area contributed by atoms with Gasteiger partial charge in [-0.1, -0.05) is 24.1 Å². The van der Waals surface area contributed by atoms with E-state index in [1.807, 2.05) is 12.1 Å². The first-order chi connectivity index (χ1) is 6.30. The van der Waals surface area contributed by atoms with Crippen molar-refractivity contribution in [2.45, 2.75) is 24.7 Å². The van der Waals surface area contributed by atoms with Crippen LogP contribution in [-0.2, 0) is 5.41 Å². The van der Waals surface area contributed by atoms with Gasteiger partial charge in [-0.25, -0.2) is 0 Å². The lowest BCUT2D eigenvalue weighted by Crippen LogP contribution is -2.35. The van der Waals surface area contributed by atoms with Crippen molar-refractivity contribution < 1.29 is 0 Å². The van der Waals surface area contributed by atoms with Gasteiger partial charge in [0.25, 0.3) is 0 Å². The zero-order valence-electron chi connectivity index (χ0n) is 7.44. The van der Waals surface area contributed by atoms with E-state index < -0.39 is 0 Å². The van der Waals surface area contributed by atoms with Crippen LogP contribution in [0.15, 0.2) is 18.2 Å². The normalized spacial score (nSPS) is 22.2. The summed E-state index contributed by atoms with van der Waals surface area (Å²) in [5.41, 5.74) is 3.22. The van der Waals surface area contributed by atoms with Crippen molar-refractivity contribution in [1.29, 1.82) is 0 Å². The van der Waals surface area contributed by atoms with Crippen LogP contribution in [0.4, 0.5) is 5.69 Å². The highest BCUT2D eigenvalue weighted by Crippen LogP contribution is 2.50. The molecule has 0 radical (unpaired) electrons. The summed E-state index contributed by atoms with van der Waals surface area (Å²) in [5.74, 6) is 0. The molecular weight excluding hydrogens is 182 g/mol. The predicted molar refractivity (Wildman–Crippen MR) is 55.5 cm³/mol. The molecule has 0 aromatic heterocycles. The van der Waals surface area contributed by atoms with E-state index in [0.29, 0.717) is 5.41 Å². The quantitative estimate of drug-likeness (QED) is 0.668. The first kappa shape index (κ1) is 7.69. The molecule has 0 atom stereocenters. The molecule has 0 unspecified atom stereocenters. The second-order valence-corrected chi connectivity index (χ2v) is 4.61. The van der Waals surface area contributed by atoms with Gasteiger partial charge in [-0.05, 0) is 30.5 Å². The molecule has 1 heterocycles. The number of nitrogens with one attached hydrogen (secondary N) is 1. The van der Waals surface area contributed by atoms with Gasteiger partial charge in [0.1, 0.15) is 0 Å². The van der Waals surface area contributed by atoms with Crippen molar-refractivity contribution in [2.24, 2.45) is 0 Å². The molecule has 1 fully saturated rings. The molecule has 13 heavy (non-hydrogen) atoms. The molecule has 1 spiro atoms. The molecule has 1 aliphatic carbocycles. The topological polar surface area (TPSA) is 12.0 Å². The number of fused-ring (bicyclic) bond motifs is 2. The van der Waals surface area contributed by atoms with Crippen LogP contribution in [0.1, 0.15) is 24.8 Å². The molecule has 1 saturated carbocycles. The van der Waals surface area contributed by atoms with Crippen LogP contribution in [-0.4, -0.2) is 6.54 Å². The Bertz CT molecular complexity index is 355. The molecule has 0 amide bonds. The molecule has 1 aliphatic heterocycles. The Morgan fingerprint density at radius 3 is 2.85 bits per heavy atom. The molecule has 1 aromatic rings. The second kappa shape index (κ2) is 2.42. The van der Waals surface area contributed by atoms with Crippen LogP contribution in [0.25, 0.3) is 0 Å². The minimum atomic E-state index is 0.472. The van der Waals surface area contributed by atoms with Crippen LogP contribution in [0.3, 0.4) is 0 Å². The van der Waals surface area contributed by atoms with Gasteiger partial charge in [-0.3, -0.25) is 0 Å². The summed E-state index contributed by atoms with van der Waals surface area (Å²) < 4.78 is 0. The van der Waals surface area contributed by atoms with Crippen molar-refractivity contribution in [3.05, 3.63) is 28.8 Å². The van der Waals surface area contributed by atoms with Gasteiger partial charge in [0.15, 0.2) is 0 Å². The Hall–Kier alpha value is -0.690. The minimum Gasteiger partial charge on any atom is -0.384 e. The van der Waals surface area contributed by atoms with E-state index >= 15 is 0 Å². The smallest absolute Gasteiger partial charge is 0.0426 e. The predicted octanol–water partition coefficient (Wildman–Crippen LogP) is 3.19. The highest BCUT2D eigenvalue weighted by atomic mass is 35.5. The first-order valence-electron chi connectivity index (χ1n) is 4.84. The van der Waals surface area contributed by atoms with Crippen molar-refractivity contribution in [1.82, 2.24) is 0 Å². The second-order valence-electron chi connectivity index (χ2n) is 4.18. The SMILES string of the molecule is Clc1ccc2c(c1)NCC21CCC1. The number of hydrogen-bond donors (Lipinski definition) is 1. The highest BCUT2D eigenvalue weighted by Gasteiger charge is 2.43. The Morgan fingerprint density at radius 2 is 2.15 bits per heavy atom. The van der Waals surface area contributed by atoms with Gasteiger partial charge < -0.3 is 5.32 Å². The number of anilines is 1. The van der Waals surface area contributed by atoms with Crippen molar-refractivity contribution in [3.8, 4) is 0 Å². The highest BCUT2D eigenvalue weighted by molar-refractivity contribution is 6.30. The standard InChI is InChI=1S/C11H12ClN/c12-8-2-3-9-10(6-8)13-7-11(9)4-1-5-11/h2-3,6,13H,1,4-5,7H2. The van der Waals surface area contributed by atoms with Gasteiger partial charge in [-0.15, -0.1) is 0 Å². The zero-order chi connectivity index (χ0) is 8.89. The van der Waals surface area contributed by atoms with E-state index in [0.717, 1.165) is 11.6 Å². The Labute approximate surface area is 83.1 Å². The third-order valence-electron chi connectivity index (χ3n) is 3.48. The summed E-state index contributed by atoms with van der Waals surface area (Å²) in [6.45, 7) is 1.11. The lowest BCUT2D eigenvalue weighted by atomic mass is 9.66. The summed E-state index contributed by atoms with van der Waals surface area (Å²) in [6.07, 6.45) is 4.06. The average Bonchev–Trinajstić information content (AvgIpc) is 2.41. The van der Waals surface area contributed by atoms with E-state index in [4.69, 9.17) is 11.6 Å². The average molecular weight is 194 g/mol. The monoisotopic (exact) mass is 193 g/mol. The van der Waals surface area contributed by atoms with Gasteiger partial charge in [0.2, 0.25) is 0 Å². The lowest BCUT2D eigenvalue weighted by molar-refractivity contribution is 0.272. The summed E-state index contributed by atoms with van der Waals surface area (Å²) in [5, 5.41) is 4.29. The van der Waals surface area contributed by atoms with E-state index in [1.54, 1.807) is 0 Å². The minimum absolute atomic E-state index is 0.472. The van der Waals surface area contributed by atoms with E-state index in [9.17, 15) is 0 Å². The Balaban J connectivity index is 2.11. The van der Waals surface area contributed by atoms with Gasteiger partial charge in [0, 0.05) is 22.7 Å². The third-order valence-corrected chi connectivity index (χ3v) is 3.72. The van der Waals surface area contributed by atoms with Gasteiger partial charge >= 0.3 is 0 Å². The number of rotatable bonds is 0. The molecule has 0 saturated heterocycles.